The number of aromatic nitrogens is 1. The molecule has 2 atom stereocenters. The average Bonchev–Trinajstić information content (AvgIpc) is 2.79. The van der Waals surface area contributed by atoms with Gasteiger partial charge in [0.1, 0.15) is 5.69 Å². The van der Waals surface area contributed by atoms with Gasteiger partial charge in [0.05, 0.1) is 17.2 Å². The van der Waals surface area contributed by atoms with Crippen LogP contribution in [0.2, 0.25) is 5.02 Å². The maximum Gasteiger partial charge on any atom is 0.269 e. The number of piperidine rings is 1. The minimum Gasteiger partial charge on any atom is -0.391 e. The lowest BCUT2D eigenvalue weighted by Gasteiger charge is -2.28. The predicted octanol–water partition coefficient (Wildman–Crippen LogP) is 1.27. The summed E-state index contributed by atoms with van der Waals surface area (Å²) in [5, 5.41) is 17.1. The maximum absolute atomic E-state index is 12.3. The van der Waals surface area contributed by atoms with Crippen LogP contribution in [0.5, 0.6) is 0 Å². The van der Waals surface area contributed by atoms with Crippen molar-refractivity contribution < 1.29 is 9.90 Å². The molecule has 2 heterocycles. The Bertz CT molecular complexity index is 640. The number of para-hydroxylation sites is 1. The minimum absolute atomic E-state index is 0.293. The van der Waals surface area contributed by atoms with Crippen molar-refractivity contribution in [3.8, 4) is 0 Å². The van der Waals surface area contributed by atoms with Crippen molar-refractivity contribution in [2.45, 2.75) is 18.6 Å². The molecular formula is C14H16ClN3O2. The van der Waals surface area contributed by atoms with E-state index in [1.165, 1.54) is 0 Å². The Kier molecular flexibility index (Phi) is 3.65. The zero-order valence-corrected chi connectivity index (χ0v) is 11.6. The Balaban J connectivity index is 1.83. The van der Waals surface area contributed by atoms with E-state index in [2.05, 4.69) is 15.6 Å². The first-order chi connectivity index (χ1) is 9.66. The number of H-pyrrole nitrogens is 1. The lowest BCUT2D eigenvalue weighted by molar-refractivity contribution is 0.0752. The highest BCUT2D eigenvalue weighted by atomic mass is 35.5. The largest absolute Gasteiger partial charge is 0.391 e. The first kappa shape index (κ1) is 13.4. The Morgan fingerprint density at radius 1 is 1.40 bits per heavy atom. The van der Waals surface area contributed by atoms with Crippen LogP contribution < -0.4 is 10.6 Å². The molecule has 2 unspecified atom stereocenters. The van der Waals surface area contributed by atoms with Crippen LogP contribution in [0.3, 0.4) is 0 Å². The van der Waals surface area contributed by atoms with Crippen LogP contribution in [0.15, 0.2) is 24.3 Å². The number of halogens is 1. The van der Waals surface area contributed by atoms with E-state index in [0.29, 0.717) is 23.7 Å². The maximum atomic E-state index is 12.3. The summed E-state index contributed by atoms with van der Waals surface area (Å²) >= 11 is 6.24. The summed E-state index contributed by atoms with van der Waals surface area (Å²) < 4.78 is 0. The first-order valence-corrected chi connectivity index (χ1v) is 7.00. The number of benzene rings is 1. The lowest BCUT2D eigenvalue weighted by Crippen LogP contribution is -2.53. The van der Waals surface area contributed by atoms with Gasteiger partial charge in [-0.3, -0.25) is 4.79 Å². The summed E-state index contributed by atoms with van der Waals surface area (Å²) in [4.78, 5) is 15.3. The smallest absolute Gasteiger partial charge is 0.269 e. The number of aliphatic hydroxyl groups excluding tert-OH is 1. The quantitative estimate of drug-likeness (QED) is 0.673. The fraction of sp³-hybridized carbons (Fsp3) is 0.357. The molecule has 0 aliphatic carbocycles. The van der Waals surface area contributed by atoms with E-state index in [1.54, 1.807) is 0 Å². The summed E-state index contributed by atoms with van der Waals surface area (Å²) in [7, 11) is 0. The molecule has 1 fully saturated rings. The van der Waals surface area contributed by atoms with Gasteiger partial charge >= 0.3 is 0 Å². The van der Waals surface area contributed by atoms with E-state index in [4.69, 9.17) is 11.6 Å². The van der Waals surface area contributed by atoms with Crippen LogP contribution in [0.4, 0.5) is 0 Å². The second-order valence-corrected chi connectivity index (χ2v) is 5.38. The average molecular weight is 294 g/mol. The molecule has 1 aliphatic heterocycles. The van der Waals surface area contributed by atoms with Gasteiger partial charge in [-0.2, -0.15) is 0 Å². The van der Waals surface area contributed by atoms with Gasteiger partial charge in [0, 0.05) is 17.4 Å². The zero-order chi connectivity index (χ0) is 14.1. The number of carbonyl (C=O) groups excluding carboxylic acids is 1. The zero-order valence-electron chi connectivity index (χ0n) is 10.8. The first-order valence-electron chi connectivity index (χ1n) is 6.62. The van der Waals surface area contributed by atoms with Crippen molar-refractivity contribution in [3.63, 3.8) is 0 Å². The SMILES string of the molecule is O=C(NC1CNCCC1O)c1[nH]c2ccccc2c1Cl. The summed E-state index contributed by atoms with van der Waals surface area (Å²) in [5.74, 6) is -0.293. The Morgan fingerprint density at radius 3 is 2.95 bits per heavy atom. The van der Waals surface area contributed by atoms with Gasteiger partial charge in [-0.1, -0.05) is 29.8 Å². The number of hydrogen-bond acceptors (Lipinski definition) is 3. The van der Waals surface area contributed by atoms with Crippen LogP contribution in [0.1, 0.15) is 16.9 Å². The molecule has 6 heteroatoms. The van der Waals surface area contributed by atoms with Gasteiger partial charge in [-0.15, -0.1) is 0 Å². The number of aliphatic hydroxyl groups is 1. The third-order valence-electron chi connectivity index (χ3n) is 3.63. The van der Waals surface area contributed by atoms with Gasteiger partial charge < -0.3 is 20.7 Å². The van der Waals surface area contributed by atoms with Crippen LogP contribution in [-0.2, 0) is 0 Å². The number of aromatic amines is 1. The molecule has 0 spiro atoms. The molecule has 4 N–H and O–H groups in total. The van der Waals surface area contributed by atoms with E-state index < -0.39 is 6.10 Å². The van der Waals surface area contributed by atoms with E-state index in [-0.39, 0.29) is 11.9 Å². The molecule has 0 bridgehead atoms. The molecule has 1 aromatic carbocycles. The van der Waals surface area contributed by atoms with Crippen LogP contribution in [-0.4, -0.2) is 41.2 Å². The third kappa shape index (κ3) is 2.40. The number of rotatable bonds is 2. The highest BCUT2D eigenvalue weighted by Crippen LogP contribution is 2.27. The number of nitrogens with one attached hydrogen (secondary N) is 3. The van der Waals surface area contributed by atoms with E-state index >= 15 is 0 Å². The molecule has 20 heavy (non-hydrogen) atoms. The summed E-state index contributed by atoms with van der Waals surface area (Å²) in [6.07, 6.45) is 0.106. The molecule has 0 radical (unpaired) electrons. The molecule has 5 nitrogen and oxygen atoms in total. The molecule has 106 valence electrons. The normalized spacial score (nSPS) is 22.9. The standard InChI is InChI=1S/C14H16ClN3O2/c15-12-8-3-1-2-4-9(8)17-13(12)14(20)18-10-7-16-6-5-11(10)19/h1-4,10-11,16-17,19H,5-7H2,(H,18,20). The molecular weight excluding hydrogens is 278 g/mol. The molecule has 0 saturated carbocycles. The van der Waals surface area contributed by atoms with Gasteiger partial charge in [-0.05, 0) is 19.0 Å². The second kappa shape index (κ2) is 5.44. The van der Waals surface area contributed by atoms with Crippen molar-refractivity contribution >= 4 is 28.4 Å². The fourth-order valence-electron chi connectivity index (χ4n) is 2.50. The van der Waals surface area contributed by atoms with E-state index in [9.17, 15) is 9.90 Å². The Labute approximate surface area is 121 Å². The van der Waals surface area contributed by atoms with Crippen molar-refractivity contribution in [2.24, 2.45) is 0 Å². The monoisotopic (exact) mass is 293 g/mol. The van der Waals surface area contributed by atoms with Gasteiger partial charge in [0.2, 0.25) is 0 Å². The number of amides is 1. The highest BCUT2D eigenvalue weighted by Gasteiger charge is 2.26. The number of hydrogen-bond donors (Lipinski definition) is 4. The van der Waals surface area contributed by atoms with Gasteiger partial charge in [-0.25, -0.2) is 0 Å². The summed E-state index contributed by atoms with van der Waals surface area (Å²) in [6.45, 7) is 1.32. The Morgan fingerprint density at radius 2 is 2.20 bits per heavy atom. The molecule has 1 saturated heterocycles. The number of fused-ring (bicyclic) bond motifs is 1. The summed E-state index contributed by atoms with van der Waals surface area (Å²) in [6, 6.07) is 7.19. The van der Waals surface area contributed by atoms with E-state index in [0.717, 1.165) is 17.4 Å². The van der Waals surface area contributed by atoms with Gasteiger partial charge in [0.25, 0.3) is 5.91 Å². The molecule has 1 aliphatic rings. The summed E-state index contributed by atoms with van der Waals surface area (Å²) in [5.41, 5.74) is 1.16. The van der Waals surface area contributed by atoms with Crippen molar-refractivity contribution in [1.82, 2.24) is 15.6 Å². The van der Waals surface area contributed by atoms with Crippen molar-refractivity contribution in [3.05, 3.63) is 35.0 Å². The predicted molar refractivity (Wildman–Crippen MR) is 78.1 cm³/mol. The van der Waals surface area contributed by atoms with Crippen molar-refractivity contribution in [2.75, 3.05) is 13.1 Å². The fourth-order valence-corrected chi connectivity index (χ4v) is 2.79. The Hall–Kier alpha value is -1.56. The molecule has 1 aromatic heterocycles. The van der Waals surface area contributed by atoms with Gasteiger partial charge in [0.15, 0.2) is 0 Å². The minimum atomic E-state index is -0.525. The second-order valence-electron chi connectivity index (χ2n) is 5.00. The van der Waals surface area contributed by atoms with Crippen molar-refractivity contribution in [1.29, 1.82) is 0 Å². The number of carbonyl (C=O) groups is 1. The topological polar surface area (TPSA) is 77.2 Å². The molecule has 2 aromatic rings. The molecule has 3 rings (SSSR count). The van der Waals surface area contributed by atoms with Crippen LogP contribution >= 0.6 is 11.6 Å². The molecule has 1 amide bonds. The lowest BCUT2D eigenvalue weighted by atomic mass is 10.0. The van der Waals surface area contributed by atoms with Crippen LogP contribution in [0.25, 0.3) is 10.9 Å². The highest BCUT2D eigenvalue weighted by molar-refractivity contribution is 6.38. The third-order valence-corrected chi connectivity index (χ3v) is 4.02. The van der Waals surface area contributed by atoms with E-state index in [1.807, 2.05) is 24.3 Å². The van der Waals surface area contributed by atoms with Crippen LogP contribution in [0, 0.1) is 0 Å².